The van der Waals surface area contributed by atoms with Crippen LogP contribution in [0.1, 0.15) is 58.1 Å². The number of amides is 1. The molecule has 2 aromatic rings. The van der Waals surface area contributed by atoms with E-state index in [2.05, 4.69) is 13.8 Å². The fourth-order valence-corrected chi connectivity index (χ4v) is 2.80. The molecule has 0 aromatic heterocycles. The van der Waals surface area contributed by atoms with Crippen LogP contribution in [0, 0.1) is 11.3 Å². The molecule has 0 saturated heterocycles. The highest BCUT2D eigenvalue weighted by Crippen LogP contribution is 2.23. The highest BCUT2D eigenvalue weighted by molar-refractivity contribution is 5.99. The number of benzene rings is 2. The Kier molecular flexibility index (Phi) is 8.20. The van der Waals surface area contributed by atoms with Crippen molar-refractivity contribution >= 4 is 23.8 Å². The molecule has 168 valence electrons. The highest BCUT2D eigenvalue weighted by atomic mass is 16.6. The first-order chi connectivity index (χ1) is 15.0. The van der Waals surface area contributed by atoms with Crippen molar-refractivity contribution in [3.63, 3.8) is 0 Å². The largest absolute Gasteiger partial charge is 0.443 e. The molecular weight excluding hydrogens is 404 g/mol. The monoisotopic (exact) mass is 434 g/mol. The predicted molar refractivity (Wildman–Crippen MR) is 125 cm³/mol. The number of nitrogens with zero attached hydrogens (tertiary/aromatic N) is 2. The van der Waals surface area contributed by atoms with Crippen molar-refractivity contribution in [3.8, 4) is 11.8 Å². The van der Waals surface area contributed by atoms with Gasteiger partial charge in [0.15, 0.2) is 0 Å². The lowest BCUT2D eigenvalue weighted by Gasteiger charge is -2.24. The zero-order chi connectivity index (χ0) is 23.9. The number of hydrogen-bond acceptors (Lipinski definition) is 5. The number of carbonyl (C=O) groups is 2. The molecule has 2 aromatic carbocycles. The molecular formula is C26H30N2O4. The maximum Gasteiger partial charge on any atom is 0.414 e. The maximum absolute atomic E-state index is 12.4. The fraction of sp³-hybridized carbons (Fsp3) is 0.346. The summed E-state index contributed by atoms with van der Waals surface area (Å²) >= 11 is 0. The van der Waals surface area contributed by atoms with Gasteiger partial charge in [-0.2, -0.15) is 5.26 Å². The van der Waals surface area contributed by atoms with E-state index in [9.17, 15) is 14.9 Å². The molecule has 0 fully saturated rings. The van der Waals surface area contributed by atoms with Crippen molar-refractivity contribution in [3.05, 3.63) is 65.2 Å². The molecule has 2 rings (SSSR count). The van der Waals surface area contributed by atoms with Crippen LogP contribution in [0.4, 0.5) is 10.5 Å². The summed E-state index contributed by atoms with van der Waals surface area (Å²) in [5.74, 6) is 0.0860. The minimum Gasteiger partial charge on any atom is -0.443 e. The zero-order valence-corrected chi connectivity index (χ0v) is 19.5. The van der Waals surface area contributed by atoms with Crippen molar-refractivity contribution in [1.29, 1.82) is 5.26 Å². The maximum atomic E-state index is 12.4. The van der Waals surface area contributed by atoms with Gasteiger partial charge in [-0.05, 0) is 74.6 Å². The van der Waals surface area contributed by atoms with E-state index < -0.39 is 17.7 Å². The van der Waals surface area contributed by atoms with Gasteiger partial charge >= 0.3 is 12.1 Å². The van der Waals surface area contributed by atoms with Crippen molar-refractivity contribution in [1.82, 2.24) is 0 Å². The van der Waals surface area contributed by atoms with E-state index >= 15 is 0 Å². The Hall–Kier alpha value is -3.59. The minimum absolute atomic E-state index is 0.121. The van der Waals surface area contributed by atoms with Crippen LogP contribution in [-0.2, 0) is 9.53 Å². The predicted octanol–water partition coefficient (Wildman–Crippen LogP) is 6.08. The Labute approximate surface area is 190 Å². The van der Waals surface area contributed by atoms with Gasteiger partial charge in [-0.1, -0.05) is 38.1 Å². The van der Waals surface area contributed by atoms with E-state index in [1.807, 2.05) is 18.2 Å². The topological polar surface area (TPSA) is 79.6 Å². The summed E-state index contributed by atoms with van der Waals surface area (Å²) in [5, 5.41) is 9.42. The summed E-state index contributed by atoms with van der Waals surface area (Å²) in [6.07, 6.45) is 2.00. The molecule has 0 bridgehead atoms. The third-order valence-electron chi connectivity index (χ3n) is 4.87. The number of carbonyl (C=O) groups excluding carboxylic acids is 2. The molecule has 0 aliphatic heterocycles. The van der Waals surface area contributed by atoms with E-state index in [1.165, 1.54) is 16.5 Å². The number of anilines is 1. The molecule has 0 spiro atoms. The van der Waals surface area contributed by atoms with Gasteiger partial charge in [-0.25, -0.2) is 9.59 Å². The molecule has 0 heterocycles. The van der Waals surface area contributed by atoms with Gasteiger partial charge in [0.1, 0.15) is 23.0 Å². The molecule has 6 nitrogen and oxygen atoms in total. The summed E-state index contributed by atoms with van der Waals surface area (Å²) in [7, 11) is 1.61. The number of hydrogen-bond donors (Lipinski definition) is 0. The van der Waals surface area contributed by atoms with Crippen LogP contribution in [0.2, 0.25) is 0 Å². The number of ether oxygens (including phenoxy) is 2. The summed E-state index contributed by atoms with van der Waals surface area (Å²) in [6, 6.07) is 16.0. The van der Waals surface area contributed by atoms with Crippen molar-refractivity contribution in [2.24, 2.45) is 0 Å². The van der Waals surface area contributed by atoms with Crippen LogP contribution in [0.3, 0.4) is 0 Å². The fourth-order valence-electron chi connectivity index (χ4n) is 2.80. The third kappa shape index (κ3) is 6.98. The van der Waals surface area contributed by atoms with Gasteiger partial charge in [0, 0.05) is 12.7 Å². The molecule has 1 amide bonds. The molecule has 32 heavy (non-hydrogen) atoms. The summed E-state index contributed by atoms with van der Waals surface area (Å²) < 4.78 is 10.7. The SMILES string of the molecule is CCC(C)c1ccc(OC(=O)C(C#N)=Cc2ccc(N(C)C(=O)OC(C)(C)C)cc2)cc1. The summed E-state index contributed by atoms with van der Waals surface area (Å²) in [4.78, 5) is 26.0. The first kappa shape index (κ1) is 24.7. The normalized spacial score (nSPS) is 12.5. The van der Waals surface area contributed by atoms with Gasteiger partial charge in [0.2, 0.25) is 0 Å². The number of rotatable bonds is 6. The van der Waals surface area contributed by atoms with Crippen molar-refractivity contribution in [2.75, 3.05) is 11.9 Å². The zero-order valence-electron chi connectivity index (χ0n) is 19.5. The Morgan fingerprint density at radius 2 is 1.69 bits per heavy atom. The van der Waals surface area contributed by atoms with E-state index in [4.69, 9.17) is 9.47 Å². The van der Waals surface area contributed by atoms with Crippen molar-refractivity contribution < 1.29 is 19.1 Å². The third-order valence-corrected chi connectivity index (χ3v) is 4.87. The lowest BCUT2D eigenvalue weighted by atomic mass is 9.99. The summed E-state index contributed by atoms with van der Waals surface area (Å²) in [6.45, 7) is 9.65. The van der Waals surface area contributed by atoms with Crippen LogP contribution in [0.15, 0.2) is 54.1 Å². The second-order valence-corrected chi connectivity index (χ2v) is 8.57. The van der Waals surface area contributed by atoms with Gasteiger partial charge < -0.3 is 9.47 Å². The summed E-state index contributed by atoms with van der Waals surface area (Å²) in [5.41, 5.74) is 1.71. The lowest BCUT2D eigenvalue weighted by molar-refractivity contribution is -0.129. The first-order valence-electron chi connectivity index (χ1n) is 10.5. The smallest absolute Gasteiger partial charge is 0.414 e. The van der Waals surface area contributed by atoms with Crippen molar-refractivity contribution in [2.45, 2.75) is 52.6 Å². The minimum atomic E-state index is -0.723. The average Bonchev–Trinajstić information content (AvgIpc) is 2.76. The van der Waals surface area contributed by atoms with E-state index in [0.29, 0.717) is 22.9 Å². The molecule has 0 aliphatic rings. The Bertz CT molecular complexity index is 1010. The van der Waals surface area contributed by atoms with Gasteiger partial charge in [0.25, 0.3) is 0 Å². The average molecular weight is 435 g/mol. The Morgan fingerprint density at radius 1 is 1.09 bits per heavy atom. The lowest BCUT2D eigenvalue weighted by Crippen LogP contribution is -2.34. The molecule has 1 unspecified atom stereocenters. The number of esters is 1. The highest BCUT2D eigenvalue weighted by Gasteiger charge is 2.20. The first-order valence-corrected chi connectivity index (χ1v) is 10.5. The van der Waals surface area contributed by atoms with E-state index in [0.717, 1.165) is 6.42 Å². The number of nitriles is 1. The molecule has 6 heteroatoms. The molecule has 0 saturated carbocycles. The van der Waals surface area contributed by atoms with Crippen LogP contribution in [-0.4, -0.2) is 24.7 Å². The van der Waals surface area contributed by atoms with Crippen LogP contribution in [0.5, 0.6) is 5.75 Å². The van der Waals surface area contributed by atoms with Gasteiger partial charge in [-0.15, -0.1) is 0 Å². The Morgan fingerprint density at radius 3 is 2.19 bits per heavy atom. The van der Waals surface area contributed by atoms with Gasteiger partial charge in [-0.3, -0.25) is 4.90 Å². The standard InChI is InChI=1S/C26H30N2O4/c1-7-18(2)20-10-14-23(15-11-20)31-24(29)21(17-27)16-19-8-12-22(13-9-19)28(6)25(30)32-26(3,4)5/h8-16,18H,7H2,1-6H3. The van der Waals surface area contributed by atoms with E-state index in [-0.39, 0.29) is 5.57 Å². The Balaban J connectivity index is 2.10. The molecule has 0 N–H and O–H groups in total. The second kappa shape index (κ2) is 10.6. The van der Waals surface area contributed by atoms with Gasteiger partial charge in [0.05, 0.1) is 0 Å². The quantitative estimate of drug-likeness (QED) is 0.238. The molecule has 0 aliphatic carbocycles. The molecule has 0 radical (unpaired) electrons. The molecule has 1 atom stereocenters. The van der Waals surface area contributed by atoms with Crippen LogP contribution < -0.4 is 9.64 Å². The second-order valence-electron chi connectivity index (χ2n) is 8.57. The van der Waals surface area contributed by atoms with E-state index in [1.54, 1.807) is 64.2 Å². The van der Waals surface area contributed by atoms with Crippen LogP contribution >= 0.6 is 0 Å². The van der Waals surface area contributed by atoms with Crippen LogP contribution in [0.25, 0.3) is 6.08 Å².